The fourth-order valence-corrected chi connectivity index (χ4v) is 3.18. The Bertz CT molecular complexity index is 626. The molecule has 0 saturated carbocycles. The first-order chi connectivity index (χ1) is 10.8. The topological polar surface area (TPSA) is 47.3 Å². The van der Waals surface area contributed by atoms with Crippen LogP contribution in [-0.2, 0) is 17.9 Å². The molecule has 3 N–H and O–H groups in total. The summed E-state index contributed by atoms with van der Waals surface area (Å²) in [7, 11) is 0. The average molecular weight is 296 g/mol. The molecular weight excluding hydrogens is 272 g/mol. The van der Waals surface area contributed by atoms with Gasteiger partial charge in [-0.25, -0.2) is 0 Å². The highest BCUT2D eigenvalue weighted by Gasteiger charge is 2.27. The maximum Gasteiger partial charge on any atom is 0.0719 e. The number of nitrogens with two attached hydrogens (primary N) is 1. The smallest absolute Gasteiger partial charge is 0.0719 e. The minimum Gasteiger partial charge on any atom is -0.377 e. The highest BCUT2D eigenvalue weighted by Crippen LogP contribution is 2.37. The third-order valence-electron chi connectivity index (χ3n) is 4.38. The molecule has 0 bridgehead atoms. The summed E-state index contributed by atoms with van der Waals surface area (Å²) in [6.45, 7) is 4.29. The Labute approximate surface area is 132 Å². The van der Waals surface area contributed by atoms with Crippen LogP contribution in [-0.4, -0.2) is 6.61 Å². The van der Waals surface area contributed by atoms with Gasteiger partial charge in [-0.1, -0.05) is 48.5 Å². The minimum absolute atomic E-state index is 0.146. The Morgan fingerprint density at radius 2 is 1.73 bits per heavy atom. The van der Waals surface area contributed by atoms with E-state index in [1.807, 2.05) is 6.92 Å². The van der Waals surface area contributed by atoms with E-state index in [-0.39, 0.29) is 6.04 Å². The molecule has 0 spiro atoms. The van der Waals surface area contributed by atoms with E-state index >= 15 is 0 Å². The van der Waals surface area contributed by atoms with Gasteiger partial charge in [0.15, 0.2) is 0 Å². The number of rotatable bonds is 6. The van der Waals surface area contributed by atoms with Crippen LogP contribution in [0.4, 0.5) is 0 Å². The molecule has 0 amide bonds. The third-order valence-corrected chi connectivity index (χ3v) is 4.38. The van der Waals surface area contributed by atoms with Crippen molar-refractivity contribution in [2.45, 2.75) is 38.6 Å². The van der Waals surface area contributed by atoms with Crippen LogP contribution in [0.5, 0.6) is 0 Å². The van der Waals surface area contributed by atoms with E-state index in [4.69, 9.17) is 10.5 Å². The minimum atomic E-state index is 0.146. The molecule has 0 aliphatic heterocycles. The average Bonchev–Trinajstić information content (AvgIpc) is 2.88. The Hall–Kier alpha value is -1.68. The van der Waals surface area contributed by atoms with Gasteiger partial charge in [0.05, 0.1) is 6.61 Å². The van der Waals surface area contributed by atoms with E-state index in [9.17, 15) is 0 Å². The number of benzene rings is 2. The van der Waals surface area contributed by atoms with Crippen molar-refractivity contribution in [3.05, 3.63) is 70.8 Å². The highest BCUT2D eigenvalue weighted by molar-refractivity contribution is 5.37. The maximum atomic E-state index is 6.24. The number of ether oxygens (including phenoxy) is 1. The van der Waals surface area contributed by atoms with E-state index in [0.717, 1.165) is 19.6 Å². The van der Waals surface area contributed by atoms with Crippen molar-refractivity contribution in [2.75, 3.05) is 6.61 Å². The van der Waals surface area contributed by atoms with Crippen LogP contribution in [0.1, 0.15) is 47.7 Å². The molecule has 3 nitrogen and oxygen atoms in total. The molecule has 3 rings (SSSR count). The predicted molar refractivity (Wildman–Crippen MR) is 89.3 cm³/mol. The molecule has 0 saturated heterocycles. The Morgan fingerprint density at radius 3 is 2.50 bits per heavy atom. The molecule has 1 aliphatic rings. The van der Waals surface area contributed by atoms with Crippen molar-refractivity contribution in [1.82, 2.24) is 5.32 Å². The number of hydrogen-bond acceptors (Lipinski definition) is 3. The van der Waals surface area contributed by atoms with Gasteiger partial charge < -0.3 is 15.8 Å². The first kappa shape index (κ1) is 15.2. The summed E-state index contributed by atoms with van der Waals surface area (Å²) in [6.07, 6.45) is 0.965. The summed E-state index contributed by atoms with van der Waals surface area (Å²) >= 11 is 0. The Kier molecular flexibility index (Phi) is 4.88. The molecule has 116 valence electrons. The molecule has 22 heavy (non-hydrogen) atoms. The quantitative estimate of drug-likeness (QED) is 0.858. The van der Waals surface area contributed by atoms with Gasteiger partial charge in [-0.2, -0.15) is 0 Å². The van der Waals surface area contributed by atoms with Gasteiger partial charge in [-0.15, -0.1) is 0 Å². The zero-order valence-electron chi connectivity index (χ0n) is 13.1. The van der Waals surface area contributed by atoms with Crippen molar-refractivity contribution in [1.29, 1.82) is 0 Å². The summed E-state index contributed by atoms with van der Waals surface area (Å²) in [4.78, 5) is 0. The lowest BCUT2D eigenvalue weighted by molar-refractivity contribution is 0.133. The van der Waals surface area contributed by atoms with Gasteiger partial charge in [0, 0.05) is 25.2 Å². The van der Waals surface area contributed by atoms with Crippen LogP contribution in [0.2, 0.25) is 0 Å². The van der Waals surface area contributed by atoms with E-state index in [1.165, 1.54) is 22.3 Å². The second-order valence-electron chi connectivity index (χ2n) is 5.81. The van der Waals surface area contributed by atoms with Crippen molar-refractivity contribution in [2.24, 2.45) is 5.73 Å². The van der Waals surface area contributed by atoms with E-state index in [2.05, 4.69) is 53.8 Å². The second-order valence-corrected chi connectivity index (χ2v) is 5.81. The van der Waals surface area contributed by atoms with Crippen LogP contribution < -0.4 is 11.1 Å². The molecule has 0 heterocycles. The normalized spacial score (nSPS) is 20.1. The van der Waals surface area contributed by atoms with E-state index in [0.29, 0.717) is 12.6 Å². The summed E-state index contributed by atoms with van der Waals surface area (Å²) in [5.74, 6) is 0. The number of fused-ring (bicyclic) bond motifs is 1. The number of nitrogens with one attached hydrogen (secondary N) is 1. The summed E-state index contributed by atoms with van der Waals surface area (Å²) in [5, 5.41) is 3.67. The SMILES string of the molecule is CCOCc1ccccc1CNC1CC(N)c2ccccc21. The Morgan fingerprint density at radius 1 is 1.05 bits per heavy atom. The standard InChI is InChI=1S/C19H24N2O/c1-2-22-13-15-8-4-3-7-14(15)12-21-19-11-18(20)16-9-5-6-10-17(16)19/h3-10,18-19,21H,2,11-13,20H2,1H3. The van der Waals surface area contributed by atoms with Gasteiger partial charge in [-0.05, 0) is 35.6 Å². The summed E-state index contributed by atoms with van der Waals surface area (Å²) in [6, 6.07) is 17.4. The Balaban J connectivity index is 1.69. The molecular formula is C19H24N2O. The number of hydrogen-bond donors (Lipinski definition) is 2. The first-order valence-corrected chi connectivity index (χ1v) is 8.02. The van der Waals surface area contributed by atoms with Gasteiger partial charge in [0.2, 0.25) is 0 Å². The van der Waals surface area contributed by atoms with E-state index < -0.39 is 0 Å². The third kappa shape index (κ3) is 3.22. The van der Waals surface area contributed by atoms with Crippen molar-refractivity contribution < 1.29 is 4.74 Å². The molecule has 2 aromatic rings. The zero-order chi connectivity index (χ0) is 15.4. The maximum absolute atomic E-state index is 6.24. The van der Waals surface area contributed by atoms with Crippen LogP contribution >= 0.6 is 0 Å². The lowest BCUT2D eigenvalue weighted by atomic mass is 10.1. The van der Waals surface area contributed by atoms with Gasteiger partial charge in [0.1, 0.15) is 0 Å². The lowest BCUT2D eigenvalue weighted by Crippen LogP contribution is -2.20. The molecule has 2 aromatic carbocycles. The molecule has 0 radical (unpaired) electrons. The van der Waals surface area contributed by atoms with Gasteiger partial charge in [0.25, 0.3) is 0 Å². The monoisotopic (exact) mass is 296 g/mol. The molecule has 0 aromatic heterocycles. The van der Waals surface area contributed by atoms with E-state index in [1.54, 1.807) is 0 Å². The van der Waals surface area contributed by atoms with Crippen molar-refractivity contribution >= 4 is 0 Å². The summed E-state index contributed by atoms with van der Waals surface area (Å²) in [5.41, 5.74) is 11.4. The predicted octanol–water partition coefficient (Wildman–Crippen LogP) is 3.46. The van der Waals surface area contributed by atoms with Crippen LogP contribution in [0, 0.1) is 0 Å². The van der Waals surface area contributed by atoms with Gasteiger partial charge in [-0.3, -0.25) is 0 Å². The largest absolute Gasteiger partial charge is 0.377 e. The van der Waals surface area contributed by atoms with Crippen molar-refractivity contribution in [3.63, 3.8) is 0 Å². The molecule has 0 fully saturated rings. The molecule has 3 heteroatoms. The fraction of sp³-hybridized carbons (Fsp3) is 0.368. The van der Waals surface area contributed by atoms with Crippen LogP contribution in [0.15, 0.2) is 48.5 Å². The van der Waals surface area contributed by atoms with Gasteiger partial charge >= 0.3 is 0 Å². The molecule has 1 aliphatic carbocycles. The lowest BCUT2D eigenvalue weighted by Gasteiger charge is -2.16. The van der Waals surface area contributed by atoms with Crippen LogP contribution in [0.3, 0.4) is 0 Å². The molecule has 2 atom stereocenters. The molecule has 2 unspecified atom stereocenters. The van der Waals surface area contributed by atoms with Crippen LogP contribution in [0.25, 0.3) is 0 Å². The zero-order valence-corrected chi connectivity index (χ0v) is 13.1. The summed E-state index contributed by atoms with van der Waals surface area (Å²) < 4.78 is 5.56. The fourth-order valence-electron chi connectivity index (χ4n) is 3.18. The second kappa shape index (κ2) is 7.05. The highest BCUT2D eigenvalue weighted by atomic mass is 16.5. The first-order valence-electron chi connectivity index (χ1n) is 8.02. The van der Waals surface area contributed by atoms with Crippen molar-refractivity contribution in [3.8, 4) is 0 Å².